The van der Waals surface area contributed by atoms with Crippen LogP contribution in [0.2, 0.25) is 0 Å². The van der Waals surface area contributed by atoms with Gasteiger partial charge in [-0.1, -0.05) is 6.07 Å². The van der Waals surface area contributed by atoms with Crippen LogP contribution in [0.5, 0.6) is 0 Å². The Morgan fingerprint density at radius 2 is 1.92 bits per heavy atom. The molecule has 0 unspecified atom stereocenters. The number of hydrogen-bond acceptors (Lipinski definition) is 7. The molecule has 2 saturated heterocycles. The first-order valence-electron chi connectivity index (χ1n) is 12.8. The van der Waals surface area contributed by atoms with Gasteiger partial charge in [0.1, 0.15) is 23.8 Å². The van der Waals surface area contributed by atoms with Crippen LogP contribution >= 0.6 is 0 Å². The van der Waals surface area contributed by atoms with Crippen molar-refractivity contribution in [3.05, 3.63) is 72.1 Å². The molecule has 2 aliphatic rings. The van der Waals surface area contributed by atoms with Gasteiger partial charge in [-0.15, -0.1) is 0 Å². The summed E-state index contributed by atoms with van der Waals surface area (Å²) in [6.07, 6.45) is 6.34. The summed E-state index contributed by atoms with van der Waals surface area (Å²) in [6.45, 7) is 7.02. The van der Waals surface area contributed by atoms with Crippen LogP contribution in [0.15, 0.2) is 55.1 Å². The molecule has 0 spiro atoms. The number of piperazine rings is 1. The van der Waals surface area contributed by atoms with Gasteiger partial charge in [0.25, 0.3) is 5.91 Å². The molecule has 10 heteroatoms. The van der Waals surface area contributed by atoms with Crippen LogP contribution in [-0.4, -0.2) is 68.6 Å². The van der Waals surface area contributed by atoms with E-state index in [0.29, 0.717) is 30.0 Å². The lowest BCUT2D eigenvalue weighted by Crippen LogP contribution is -2.58. The van der Waals surface area contributed by atoms with Crippen LogP contribution in [0.4, 0.5) is 15.9 Å². The van der Waals surface area contributed by atoms with Crippen LogP contribution in [0.1, 0.15) is 36.2 Å². The first-order valence-corrected chi connectivity index (χ1v) is 12.8. The highest BCUT2D eigenvalue weighted by atomic mass is 19.1. The number of pyridine rings is 1. The number of rotatable bonds is 4. The van der Waals surface area contributed by atoms with Gasteiger partial charge in [-0.3, -0.25) is 9.36 Å². The van der Waals surface area contributed by atoms with Gasteiger partial charge in [-0.2, -0.15) is 5.26 Å². The number of fused-ring (bicyclic) bond motifs is 1. The molecule has 0 bridgehead atoms. The molecule has 4 aromatic rings. The van der Waals surface area contributed by atoms with Crippen molar-refractivity contribution in [1.82, 2.24) is 24.4 Å². The van der Waals surface area contributed by atoms with Gasteiger partial charge in [0.2, 0.25) is 0 Å². The fourth-order valence-electron chi connectivity index (χ4n) is 5.33. The van der Waals surface area contributed by atoms with Crippen molar-refractivity contribution in [3.63, 3.8) is 0 Å². The fraction of sp³-hybridized carbons (Fsp3) is 0.321. The first-order chi connectivity index (χ1) is 18.4. The van der Waals surface area contributed by atoms with E-state index in [0.717, 1.165) is 42.0 Å². The maximum atomic E-state index is 13.8. The summed E-state index contributed by atoms with van der Waals surface area (Å²) >= 11 is 0. The third-order valence-corrected chi connectivity index (χ3v) is 7.45. The Labute approximate surface area is 219 Å². The molecule has 0 saturated carbocycles. The lowest BCUT2D eigenvalue weighted by atomic mass is 10.1. The fourth-order valence-corrected chi connectivity index (χ4v) is 5.33. The van der Waals surface area contributed by atoms with Gasteiger partial charge in [-0.05, 0) is 50.6 Å². The van der Waals surface area contributed by atoms with E-state index in [2.05, 4.69) is 32.8 Å². The molecule has 3 aromatic heterocycles. The Morgan fingerprint density at radius 3 is 2.66 bits per heavy atom. The second-order valence-electron chi connectivity index (χ2n) is 9.95. The van der Waals surface area contributed by atoms with Crippen molar-refractivity contribution in [2.75, 3.05) is 36.0 Å². The Hall–Kier alpha value is -4.52. The summed E-state index contributed by atoms with van der Waals surface area (Å²) in [7, 11) is 0. The van der Waals surface area contributed by atoms with E-state index in [9.17, 15) is 14.4 Å². The van der Waals surface area contributed by atoms with Crippen molar-refractivity contribution < 1.29 is 9.18 Å². The second-order valence-corrected chi connectivity index (χ2v) is 9.95. The maximum Gasteiger partial charge on any atom is 0.254 e. The average molecular weight is 511 g/mol. The third-order valence-electron chi connectivity index (χ3n) is 7.45. The highest BCUT2D eigenvalue weighted by molar-refractivity contribution is 6.01. The monoisotopic (exact) mass is 510 g/mol. The number of carbonyl (C=O) groups excluding carboxylic acids is 1. The molecule has 9 nitrogen and oxygen atoms in total. The minimum Gasteiger partial charge on any atom is -0.369 e. The van der Waals surface area contributed by atoms with Crippen molar-refractivity contribution in [1.29, 1.82) is 5.26 Å². The van der Waals surface area contributed by atoms with Crippen molar-refractivity contribution in [2.45, 2.75) is 32.4 Å². The zero-order chi connectivity index (χ0) is 26.4. The number of nitrogens with zero attached hydrogens (tertiary/aromatic N) is 8. The largest absolute Gasteiger partial charge is 0.369 e. The minimum absolute atomic E-state index is 0.0329. The summed E-state index contributed by atoms with van der Waals surface area (Å²) in [5.74, 6) is 0.838. The highest BCUT2D eigenvalue weighted by Crippen LogP contribution is 2.39. The van der Waals surface area contributed by atoms with Gasteiger partial charge in [0.15, 0.2) is 5.65 Å². The second kappa shape index (κ2) is 9.41. The minimum atomic E-state index is -0.420. The van der Waals surface area contributed by atoms with Crippen LogP contribution in [-0.2, 0) is 0 Å². The molecule has 192 valence electrons. The molecule has 0 N–H and O–H groups in total. The quantitative estimate of drug-likeness (QED) is 0.412. The molecule has 0 radical (unpaired) electrons. The zero-order valence-corrected chi connectivity index (χ0v) is 21.3. The Bertz CT molecular complexity index is 1570. The van der Waals surface area contributed by atoms with Gasteiger partial charge < -0.3 is 14.7 Å². The van der Waals surface area contributed by atoms with Gasteiger partial charge in [-0.25, -0.2) is 19.3 Å². The van der Waals surface area contributed by atoms with Crippen molar-refractivity contribution in [2.24, 2.45) is 0 Å². The summed E-state index contributed by atoms with van der Waals surface area (Å²) in [5.41, 5.74) is 2.63. The summed E-state index contributed by atoms with van der Waals surface area (Å²) in [4.78, 5) is 33.5. The zero-order valence-electron chi connectivity index (χ0n) is 21.3. The Balaban J connectivity index is 1.39. The van der Waals surface area contributed by atoms with Gasteiger partial charge in [0.05, 0.1) is 22.7 Å². The number of aromatic nitrogens is 4. The number of hydrogen-bond donors (Lipinski definition) is 0. The molecule has 2 atom stereocenters. The van der Waals surface area contributed by atoms with E-state index in [1.807, 2.05) is 22.6 Å². The molecule has 2 aliphatic heterocycles. The maximum absolute atomic E-state index is 13.8. The standard InChI is InChI=1S/C28H27FN8O/c1-18-15-36(28(38)21-5-3-6-22(29)12-21)19(2)14-35(18)26-25-23(34-9-4-10-34)16-37(27(25)33-17-32-26)24-11-20(13-30)7-8-31-24/h3,5-8,11-12,16-19H,4,9-10,14-15H2,1-2H3/t18-,19+/m0/s1. The van der Waals surface area contributed by atoms with Gasteiger partial charge >= 0.3 is 0 Å². The number of amides is 1. The molecular formula is C28H27FN8O. The number of benzene rings is 1. The first kappa shape index (κ1) is 23.9. The lowest BCUT2D eigenvalue weighted by molar-refractivity contribution is 0.0644. The van der Waals surface area contributed by atoms with Gasteiger partial charge in [0, 0.05) is 56.2 Å². The average Bonchev–Trinajstić information content (AvgIpc) is 3.28. The Kier molecular flexibility index (Phi) is 5.91. The van der Waals surface area contributed by atoms with Crippen LogP contribution in [0, 0.1) is 17.1 Å². The number of halogens is 1. The van der Waals surface area contributed by atoms with E-state index in [1.54, 1.807) is 36.8 Å². The Morgan fingerprint density at radius 1 is 1.08 bits per heavy atom. The molecular weight excluding hydrogens is 483 g/mol. The van der Waals surface area contributed by atoms with Crippen LogP contribution in [0.3, 0.4) is 0 Å². The highest BCUT2D eigenvalue weighted by Gasteiger charge is 2.35. The number of carbonyl (C=O) groups is 1. The molecule has 2 fully saturated rings. The van der Waals surface area contributed by atoms with E-state index < -0.39 is 5.82 Å². The van der Waals surface area contributed by atoms with E-state index >= 15 is 0 Å². The normalized spacial score (nSPS) is 19.4. The van der Waals surface area contributed by atoms with Crippen LogP contribution < -0.4 is 9.80 Å². The van der Waals surface area contributed by atoms with Crippen LogP contribution in [0.25, 0.3) is 16.9 Å². The summed E-state index contributed by atoms with van der Waals surface area (Å²) in [5, 5.41) is 10.3. The van der Waals surface area contributed by atoms with E-state index in [4.69, 9.17) is 4.98 Å². The molecule has 6 rings (SSSR count). The topological polar surface area (TPSA) is 94.2 Å². The summed E-state index contributed by atoms with van der Waals surface area (Å²) < 4.78 is 15.7. The smallest absolute Gasteiger partial charge is 0.254 e. The predicted molar refractivity (Wildman–Crippen MR) is 142 cm³/mol. The number of nitriles is 1. The van der Waals surface area contributed by atoms with Crippen molar-refractivity contribution in [3.8, 4) is 11.9 Å². The molecule has 0 aliphatic carbocycles. The molecule has 1 amide bonds. The van der Waals surface area contributed by atoms with E-state index in [-0.39, 0.29) is 18.0 Å². The SMILES string of the molecule is C[C@@H]1CN(c2ncnc3c2c(N2CCC2)cn3-c2cc(C#N)ccn2)[C@@H](C)CN1C(=O)c1cccc(F)c1. The lowest BCUT2D eigenvalue weighted by Gasteiger charge is -2.45. The van der Waals surface area contributed by atoms with Crippen molar-refractivity contribution >= 4 is 28.4 Å². The molecule has 38 heavy (non-hydrogen) atoms. The number of anilines is 2. The predicted octanol–water partition coefficient (Wildman–Crippen LogP) is 3.78. The summed E-state index contributed by atoms with van der Waals surface area (Å²) in [6, 6.07) is 11.3. The van der Waals surface area contributed by atoms with E-state index in [1.165, 1.54) is 12.1 Å². The molecule has 5 heterocycles. The third kappa shape index (κ3) is 4.00. The molecule has 1 aromatic carbocycles.